The van der Waals surface area contributed by atoms with Crippen LogP contribution in [-0.4, -0.2) is 42.3 Å². The summed E-state index contributed by atoms with van der Waals surface area (Å²) in [5, 5.41) is 14.8. The number of carboxylic acids is 1. The molecule has 3 N–H and O–H groups in total. The molecule has 2 saturated carbocycles. The second kappa shape index (κ2) is 7.97. The fourth-order valence-electron chi connectivity index (χ4n) is 4.77. The number of carbonyl (C=O) groups excluding carboxylic acids is 2. The minimum absolute atomic E-state index is 0.0112. The second-order valence-electron chi connectivity index (χ2n) is 9.14. The predicted molar refractivity (Wildman–Crippen MR) is 117 cm³/mol. The first kappa shape index (κ1) is 20.5. The lowest BCUT2D eigenvalue weighted by atomic mass is 9.79. The van der Waals surface area contributed by atoms with Gasteiger partial charge in [0.15, 0.2) is 0 Å². The number of hydrogen-bond donors (Lipinski definition) is 3. The molecule has 0 atom stereocenters. The maximum Gasteiger partial charge on any atom is 0.407 e. The molecular formula is C25H26N2O5. The maximum atomic E-state index is 12.3. The lowest BCUT2D eigenvalue weighted by molar-refractivity contribution is -0.143. The van der Waals surface area contributed by atoms with Crippen molar-refractivity contribution in [3.63, 3.8) is 0 Å². The molecule has 3 aliphatic carbocycles. The van der Waals surface area contributed by atoms with E-state index in [4.69, 9.17) is 4.74 Å². The molecule has 3 aliphatic rings. The number of hydrogen-bond acceptors (Lipinski definition) is 4. The SMILES string of the molecule is O=C(NC1CC(C(=O)NCC2(C(=O)O)CC2)C1)OCC1c2ccccc2-c2ccccc21. The molecule has 0 heterocycles. The molecule has 0 bridgehead atoms. The van der Waals surface area contributed by atoms with Gasteiger partial charge >= 0.3 is 12.1 Å². The number of carbonyl (C=O) groups is 3. The summed E-state index contributed by atoms with van der Waals surface area (Å²) >= 11 is 0. The van der Waals surface area contributed by atoms with Crippen molar-refractivity contribution >= 4 is 18.0 Å². The first-order valence-electron chi connectivity index (χ1n) is 11.1. The summed E-state index contributed by atoms with van der Waals surface area (Å²) in [5.74, 6) is -1.17. The van der Waals surface area contributed by atoms with Crippen LogP contribution in [0.3, 0.4) is 0 Å². The Morgan fingerprint density at radius 2 is 1.56 bits per heavy atom. The van der Waals surface area contributed by atoms with Crippen molar-refractivity contribution in [2.75, 3.05) is 13.2 Å². The molecule has 0 saturated heterocycles. The first-order valence-corrected chi connectivity index (χ1v) is 11.1. The average Bonchev–Trinajstić information content (AvgIpc) is 3.50. The predicted octanol–water partition coefficient (Wildman–Crippen LogP) is 3.28. The van der Waals surface area contributed by atoms with Crippen LogP contribution in [0.5, 0.6) is 0 Å². The monoisotopic (exact) mass is 434 g/mol. The fraction of sp³-hybridized carbons (Fsp3) is 0.400. The van der Waals surface area contributed by atoms with E-state index in [0.29, 0.717) is 25.7 Å². The van der Waals surface area contributed by atoms with Gasteiger partial charge in [0.25, 0.3) is 0 Å². The molecule has 5 rings (SSSR count). The Kier molecular flexibility index (Phi) is 5.12. The number of alkyl carbamates (subject to hydrolysis) is 1. The van der Waals surface area contributed by atoms with Crippen molar-refractivity contribution in [2.45, 2.75) is 37.6 Å². The fourth-order valence-corrected chi connectivity index (χ4v) is 4.77. The van der Waals surface area contributed by atoms with Crippen LogP contribution in [0, 0.1) is 11.3 Å². The number of aliphatic carboxylic acids is 1. The van der Waals surface area contributed by atoms with Crippen molar-refractivity contribution in [1.82, 2.24) is 10.6 Å². The Balaban J connectivity index is 1.09. The Hall–Kier alpha value is -3.35. The minimum atomic E-state index is -0.846. The number of fused-ring (bicyclic) bond motifs is 3. The van der Waals surface area contributed by atoms with Crippen LogP contribution in [0.1, 0.15) is 42.7 Å². The Labute approximate surface area is 186 Å². The molecule has 7 nitrogen and oxygen atoms in total. The molecule has 0 aliphatic heterocycles. The molecule has 0 aromatic heterocycles. The van der Waals surface area contributed by atoms with Crippen molar-refractivity contribution < 1.29 is 24.2 Å². The molecule has 2 amide bonds. The number of amides is 2. The third-order valence-electron chi connectivity index (χ3n) is 7.08. The highest BCUT2D eigenvalue weighted by Gasteiger charge is 2.50. The summed E-state index contributed by atoms with van der Waals surface area (Å²) in [6.45, 7) is 0.440. The summed E-state index contributed by atoms with van der Waals surface area (Å²) in [4.78, 5) is 35.8. The Morgan fingerprint density at radius 1 is 0.969 bits per heavy atom. The van der Waals surface area contributed by atoms with Gasteiger partial charge in [0, 0.05) is 24.4 Å². The van der Waals surface area contributed by atoms with Gasteiger partial charge in [-0.3, -0.25) is 9.59 Å². The molecule has 0 radical (unpaired) electrons. The van der Waals surface area contributed by atoms with Gasteiger partial charge in [-0.2, -0.15) is 0 Å². The van der Waals surface area contributed by atoms with Gasteiger partial charge in [0.1, 0.15) is 6.61 Å². The molecule has 2 fully saturated rings. The molecule has 2 aromatic rings. The van der Waals surface area contributed by atoms with Gasteiger partial charge < -0.3 is 20.5 Å². The van der Waals surface area contributed by atoms with Gasteiger partial charge in [-0.15, -0.1) is 0 Å². The third-order valence-corrected chi connectivity index (χ3v) is 7.08. The van der Waals surface area contributed by atoms with Crippen LogP contribution in [0.25, 0.3) is 11.1 Å². The summed E-state index contributed by atoms with van der Waals surface area (Å²) in [6.07, 6.45) is 1.82. The molecular weight excluding hydrogens is 408 g/mol. The van der Waals surface area contributed by atoms with E-state index in [1.807, 2.05) is 24.3 Å². The van der Waals surface area contributed by atoms with Crippen LogP contribution in [-0.2, 0) is 14.3 Å². The lowest BCUT2D eigenvalue weighted by Gasteiger charge is -2.34. The normalized spacial score (nSPS) is 22.1. The molecule has 0 spiro atoms. The number of nitrogens with one attached hydrogen (secondary N) is 2. The van der Waals surface area contributed by atoms with Crippen molar-refractivity contribution in [3.8, 4) is 11.1 Å². The lowest BCUT2D eigenvalue weighted by Crippen LogP contribution is -2.50. The van der Waals surface area contributed by atoms with E-state index >= 15 is 0 Å². The summed E-state index contributed by atoms with van der Waals surface area (Å²) in [7, 11) is 0. The number of carboxylic acid groups (broad SMARTS) is 1. The molecule has 0 unspecified atom stereocenters. The number of rotatable bonds is 7. The smallest absolute Gasteiger partial charge is 0.407 e. The number of benzene rings is 2. The zero-order chi connectivity index (χ0) is 22.3. The maximum absolute atomic E-state index is 12.3. The van der Waals surface area contributed by atoms with Crippen molar-refractivity contribution in [2.24, 2.45) is 11.3 Å². The van der Waals surface area contributed by atoms with Crippen molar-refractivity contribution in [3.05, 3.63) is 59.7 Å². The standard InChI is InChI=1S/C25H26N2O5/c28-22(26-14-25(9-10-25)23(29)30)15-11-16(12-15)27-24(31)32-13-21-19-7-3-1-5-17(19)18-6-2-4-8-20(18)21/h1-8,15-16,21H,9-14H2,(H,26,28)(H,27,31)(H,29,30). The van der Waals surface area contributed by atoms with E-state index in [1.165, 1.54) is 11.1 Å². The minimum Gasteiger partial charge on any atom is -0.481 e. The van der Waals surface area contributed by atoms with Gasteiger partial charge in [-0.25, -0.2) is 4.79 Å². The molecule has 7 heteroatoms. The van der Waals surface area contributed by atoms with Crippen LogP contribution in [0.15, 0.2) is 48.5 Å². The quantitative estimate of drug-likeness (QED) is 0.620. The van der Waals surface area contributed by atoms with Crippen molar-refractivity contribution in [1.29, 1.82) is 0 Å². The van der Waals surface area contributed by atoms with Crippen LogP contribution in [0.4, 0.5) is 4.79 Å². The van der Waals surface area contributed by atoms with E-state index in [1.54, 1.807) is 0 Å². The Bertz CT molecular complexity index is 1030. The topological polar surface area (TPSA) is 105 Å². The van der Waals surface area contributed by atoms with E-state index in [2.05, 4.69) is 34.9 Å². The zero-order valence-corrected chi connectivity index (χ0v) is 17.7. The van der Waals surface area contributed by atoms with Gasteiger partial charge in [0.05, 0.1) is 5.41 Å². The van der Waals surface area contributed by atoms with E-state index in [0.717, 1.165) is 11.1 Å². The van der Waals surface area contributed by atoms with Crippen LogP contribution >= 0.6 is 0 Å². The van der Waals surface area contributed by atoms with E-state index < -0.39 is 17.5 Å². The highest BCUT2D eigenvalue weighted by Crippen LogP contribution is 2.46. The molecule has 32 heavy (non-hydrogen) atoms. The number of ether oxygens (including phenoxy) is 1. The summed E-state index contributed by atoms with van der Waals surface area (Å²) < 4.78 is 5.55. The van der Waals surface area contributed by atoms with Crippen LogP contribution in [0.2, 0.25) is 0 Å². The highest BCUT2D eigenvalue weighted by atomic mass is 16.5. The van der Waals surface area contributed by atoms with Gasteiger partial charge in [0.2, 0.25) is 5.91 Å². The molecule has 166 valence electrons. The largest absolute Gasteiger partial charge is 0.481 e. The third kappa shape index (κ3) is 3.72. The zero-order valence-electron chi connectivity index (χ0n) is 17.7. The second-order valence-corrected chi connectivity index (χ2v) is 9.14. The van der Waals surface area contributed by atoms with Gasteiger partial charge in [-0.05, 0) is 47.9 Å². The highest BCUT2D eigenvalue weighted by molar-refractivity contribution is 5.83. The van der Waals surface area contributed by atoms with E-state index in [-0.39, 0.29) is 36.9 Å². The first-order chi connectivity index (χ1) is 15.5. The Morgan fingerprint density at radius 3 is 2.12 bits per heavy atom. The van der Waals surface area contributed by atoms with E-state index in [9.17, 15) is 19.5 Å². The van der Waals surface area contributed by atoms with Crippen LogP contribution < -0.4 is 10.6 Å². The average molecular weight is 434 g/mol. The van der Waals surface area contributed by atoms with Gasteiger partial charge in [-0.1, -0.05) is 48.5 Å². The summed E-state index contributed by atoms with van der Waals surface area (Å²) in [5.41, 5.74) is 3.92. The molecule has 2 aromatic carbocycles. The summed E-state index contributed by atoms with van der Waals surface area (Å²) in [6, 6.07) is 16.3.